The molecule has 4 aromatic rings. The topological polar surface area (TPSA) is 203 Å². The van der Waals surface area contributed by atoms with Gasteiger partial charge >= 0.3 is 0 Å². The van der Waals surface area contributed by atoms with Gasteiger partial charge in [-0.2, -0.15) is 10.2 Å². The predicted octanol–water partition coefficient (Wildman–Crippen LogP) is -0.272. The Morgan fingerprint density at radius 3 is 1.20 bits per heavy atom. The average Bonchev–Trinajstić information content (AvgIpc) is 3.54. The third-order valence-corrected chi connectivity index (χ3v) is 5.25. The number of carbonyl (C=O) groups is 4. The lowest BCUT2D eigenvalue weighted by Gasteiger charge is -2.12. The Balaban J connectivity index is 1.61. The number of benzene rings is 2. The molecule has 1 aliphatic rings. The van der Waals surface area contributed by atoms with Gasteiger partial charge in [-0.15, -0.1) is 20.4 Å². The summed E-state index contributed by atoms with van der Waals surface area (Å²) in [5, 5.41) is 25.5. The predicted molar refractivity (Wildman–Crippen MR) is 139 cm³/mol. The van der Waals surface area contributed by atoms with Gasteiger partial charge in [0.05, 0.1) is 0 Å². The van der Waals surface area contributed by atoms with Crippen LogP contribution in [-0.2, 0) is 9.59 Å². The number of rotatable bonds is 6. The Hall–Kier alpha value is -6.06. The number of nitrogens with zero attached hydrogens (tertiary/aromatic N) is 8. The smallest absolute Gasteiger partial charge is 0.271 e. The van der Waals surface area contributed by atoms with E-state index in [1.807, 2.05) is 0 Å². The Morgan fingerprint density at radius 2 is 0.900 bits per heavy atom. The first-order valence-corrected chi connectivity index (χ1v) is 11.7. The largest absolute Gasteiger partial charge is 0.273 e. The maximum atomic E-state index is 12.7. The summed E-state index contributed by atoms with van der Waals surface area (Å²) in [4.78, 5) is 50.6. The quantitative estimate of drug-likeness (QED) is 0.211. The lowest BCUT2D eigenvalue weighted by Crippen LogP contribution is -2.28. The molecule has 0 spiro atoms. The van der Waals surface area contributed by atoms with Crippen LogP contribution in [0.2, 0.25) is 0 Å². The highest BCUT2D eigenvalue weighted by Gasteiger charge is 2.37. The second-order valence-corrected chi connectivity index (χ2v) is 8.24. The third kappa shape index (κ3) is 5.30. The van der Waals surface area contributed by atoms with E-state index in [4.69, 9.17) is 0 Å². The highest BCUT2D eigenvalue weighted by atomic mass is 16.2. The molecule has 200 valence electrons. The van der Waals surface area contributed by atoms with Gasteiger partial charge in [-0.05, 0) is 24.3 Å². The first-order chi connectivity index (χ1) is 19.3. The summed E-state index contributed by atoms with van der Waals surface area (Å²) in [6.45, 7) is 2.53. The van der Waals surface area contributed by atoms with E-state index in [0.717, 1.165) is 9.81 Å². The highest BCUT2D eigenvalue weighted by molar-refractivity contribution is 6.29. The van der Waals surface area contributed by atoms with Crippen LogP contribution in [0.15, 0.2) is 70.9 Å². The van der Waals surface area contributed by atoms with Crippen molar-refractivity contribution < 1.29 is 19.2 Å². The fourth-order valence-electron chi connectivity index (χ4n) is 3.59. The molecule has 1 aliphatic carbocycles. The molecule has 0 radical (unpaired) electrons. The molecule has 4 amide bonds. The highest BCUT2D eigenvalue weighted by Crippen LogP contribution is 2.23. The number of hydrogen-bond acceptors (Lipinski definition) is 10. The van der Waals surface area contributed by atoms with Gasteiger partial charge < -0.3 is 0 Å². The molecule has 16 heteroatoms. The van der Waals surface area contributed by atoms with E-state index in [1.165, 1.54) is 13.8 Å². The number of fused-ring (bicyclic) bond motifs is 2. The fraction of sp³-hybridized carbons (Fsp3) is 0.0833. The Kier molecular flexibility index (Phi) is 6.87. The van der Waals surface area contributed by atoms with Crippen LogP contribution in [-0.4, -0.2) is 65.3 Å². The van der Waals surface area contributed by atoms with Crippen LogP contribution in [0.25, 0.3) is 0 Å². The molecule has 0 unspecified atom stereocenters. The summed E-state index contributed by atoms with van der Waals surface area (Å²) < 4.78 is 0. The van der Waals surface area contributed by atoms with Crippen LogP contribution >= 0.6 is 0 Å². The van der Waals surface area contributed by atoms with E-state index in [2.05, 4.69) is 52.3 Å². The van der Waals surface area contributed by atoms with E-state index in [9.17, 15) is 19.2 Å². The minimum atomic E-state index is -0.519. The Morgan fingerprint density at radius 1 is 0.575 bits per heavy atom. The fourth-order valence-corrected chi connectivity index (χ4v) is 3.59. The van der Waals surface area contributed by atoms with E-state index >= 15 is 0 Å². The number of aromatic nitrogens is 6. The third-order valence-electron chi connectivity index (χ3n) is 5.25. The standard InChI is InChI=1S/C24H20N12O4/c1-13(37)29-35-31-19-17(25-27-23(39)15-9-5-3-6-10-15)21-22(34-36(33-21)30-14(2)38)18(20(19)32-35)26-28-24(40)16-11-7-4-8-12-16/h3-12H,1-2H3,(H,27,39)(H,28,40)(H,29,37)(H,30,38). The zero-order valence-corrected chi connectivity index (χ0v) is 21.0. The lowest BCUT2D eigenvalue weighted by molar-refractivity contribution is -0.116. The maximum absolute atomic E-state index is 12.7. The molecule has 0 saturated heterocycles. The van der Waals surface area contributed by atoms with Crippen molar-refractivity contribution in [2.45, 2.75) is 13.8 Å². The molecule has 0 aliphatic heterocycles. The normalized spacial score (nSPS) is 11.6. The molecular weight excluding hydrogens is 520 g/mol. The molecule has 2 aromatic heterocycles. The zero-order valence-electron chi connectivity index (χ0n) is 21.0. The molecule has 0 atom stereocenters. The van der Waals surface area contributed by atoms with Crippen LogP contribution in [0.4, 0.5) is 0 Å². The first kappa shape index (κ1) is 25.6. The number of carbonyl (C=O) groups excluding carboxylic acids is 4. The molecule has 2 heterocycles. The molecule has 0 saturated carbocycles. The number of amides is 4. The van der Waals surface area contributed by atoms with Gasteiger partial charge in [-0.3, -0.25) is 19.2 Å². The SMILES string of the molecule is CC(=O)Nn1nc2c(n1)C(=NNC(=O)c1ccccc1)c1nn(NC(C)=O)nc1C2=NNC(=O)c1ccccc1. The first-order valence-electron chi connectivity index (χ1n) is 11.7. The summed E-state index contributed by atoms with van der Waals surface area (Å²) in [5.41, 5.74) is 10.6. The average molecular weight is 541 g/mol. The summed E-state index contributed by atoms with van der Waals surface area (Å²) >= 11 is 0. The maximum Gasteiger partial charge on any atom is 0.271 e. The van der Waals surface area contributed by atoms with Crippen molar-refractivity contribution in [2.75, 3.05) is 10.9 Å². The lowest BCUT2D eigenvalue weighted by atomic mass is 9.98. The van der Waals surface area contributed by atoms with Crippen LogP contribution in [0.1, 0.15) is 57.3 Å². The van der Waals surface area contributed by atoms with E-state index < -0.39 is 23.6 Å². The van der Waals surface area contributed by atoms with Gasteiger partial charge in [-0.1, -0.05) is 46.2 Å². The van der Waals surface area contributed by atoms with Gasteiger partial charge in [0, 0.05) is 25.0 Å². The van der Waals surface area contributed by atoms with E-state index in [-0.39, 0.29) is 34.2 Å². The Labute approximate surface area is 225 Å². The summed E-state index contributed by atoms with van der Waals surface area (Å²) in [7, 11) is 0. The molecule has 0 fully saturated rings. The van der Waals surface area contributed by atoms with Gasteiger partial charge in [0.1, 0.15) is 34.2 Å². The van der Waals surface area contributed by atoms with Gasteiger partial charge in [0.2, 0.25) is 11.8 Å². The summed E-state index contributed by atoms with van der Waals surface area (Å²) in [6, 6.07) is 16.7. The molecule has 4 N–H and O–H groups in total. The molecule has 40 heavy (non-hydrogen) atoms. The molecule has 0 bridgehead atoms. The summed E-state index contributed by atoms with van der Waals surface area (Å²) in [6.07, 6.45) is 0. The summed E-state index contributed by atoms with van der Waals surface area (Å²) in [5.74, 6) is -1.97. The monoisotopic (exact) mass is 540 g/mol. The Bertz CT molecular complexity index is 1520. The van der Waals surface area contributed by atoms with Crippen molar-refractivity contribution in [1.82, 2.24) is 41.1 Å². The van der Waals surface area contributed by atoms with Crippen molar-refractivity contribution in [2.24, 2.45) is 10.2 Å². The minimum Gasteiger partial charge on any atom is -0.273 e. The van der Waals surface area contributed by atoms with Gasteiger partial charge in [-0.25, -0.2) is 21.7 Å². The molecular formula is C24H20N12O4. The van der Waals surface area contributed by atoms with Crippen molar-refractivity contribution in [3.63, 3.8) is 0 Å². The number of nitrogens with one attached hydrogen (secondary N) is 4. The van der Waals surface area contributed by atoms with E-state index in [0.29, 0.717) is 11.1 Å². The van der Waals surface area contributed by atoms with Crippen LogP contribution < -0.4 is 21.7 Å². The van der Waals surface area contributed by atoms with Gasteiger partial charge in [0.25, 0.3) is 11.8 Å². The van der Waals surface area contributed by atoms with Gasteiger partial charge in [0.15, 0.2) is 0 Å². The van der Waals surface area contributed by atoms with Crippen molar-refractivity contribution in [3.8, 4) is 0 Å². The zero-order chi connectivity index (χ0) is 28.2. The number of hydrogen-bond donors (Lipinski definition) is 4. The van der Waals surface area contributed by atoms with Crippen LogP contribution in [0.5, 0.6) is 0 Å². The van der Waals surface area contributed by atoms with Crippen molar-refractivity contribution in [1.29, 1.82) is 0 Å². The number of hydrazone groups is 2. The van der Waals surface area contributed by atoms with E-state index in [1.54, 1.807) is 60.7 Å². The molecule has 5 rings (SSSR count). The van der Waals surface area contributed by atoms with Crippen LogP contribution in [0.3, 0.4) is 0 Å². The van der Waals surface area contributed by atoms with Crippen molar-refractivity contribution in [3.05, 3.63) is 94.6 Å². The molecule has 2 aromatic carbocycles. The second-order valence-electron chi connectivity index (χ2n) is 8.24. The van der Waals surface area contributed by atoms with Crippen molar-refractivity contribution >= 4 is 35.1 Å². The second kappa shape index (κ2) is 10.7. The van der Waals surface area contributed by atoms with Crippen LogP contribution in [0, 0.1) is 0 Å². The minimum absolute atomic E-state index is 0.0100. The molecule has 16 nitrogen and oxygen atoms in total.